The third-order valence-corrected chi connectivity index (χ3v) is 3.63. The third-order valence-electron chi connectivity index (χ3n) is 3.63. The van der Waals surface area contributed by atoms with E-state index in [9.17, 15) is 0 Å². The second-order valence-electron chi connectivity index (χ2n) is 5.04. The van der Waals surface area contributed by atoms with Crippen LogP contribution in [0.3, 0.4) is 0 Å². The predicted octanol–water partition coefficient (Wildman–Crippen LogP) is 2.36. The van der Waals surface area contributed by atoms with E-state index in [0.29, 0.717) is 12.6 Å². The van der Waals surface area contributed by atoms with E-state index in [4.69, 9.17) is 5.73 Å². The lowest BCUT2D eigenvalue weighted by Crippen LogP contribution is -2.08. The molecule has 0 aliphatic heterocycles. The second-order valence-corrected chi connectivity index (χ2v) is 5.04. The lowest BCUT2D eigenvalue weighted by atomic mass is 10.1. The topological polar surface area (TPSA) is 56.7 Å². The molecular formula is C14H18N4. The maximum absolute atomic E-state index is 5.74. The van der Waals surface area contributed by atoms with Crippen molar-refractivity contribution in [2.45, 2.75) is 39.3 Å². The van der Waals surface area contributed by atoms with Gasteiger partial charge in [-0.05, 0) is 43.9 Å². The molecule has 94 valence electrons. The second kappa shape index (κ2) is 4.21. The number of aryl methyl sites for hydroxylation is 2. The summed E-state index contributed by atoms with van der Waals surface area (Å²) in [5.74, 6) is 1.85. The molecule has 0 atom stereocenters. The van der Waals surface area contributed by atoms with Crippen LogP contribution in [0.4, 0.5) is 0 Å². The molecule has 2 N–H and O–H groups in total. The van der Waals surface area contributed by atoms with Gasteiger partial charge in [0.05, 0.1) is 6.54 Å². The first-order valence-electron chi connectivity index (χ1n) is 6.42. The largest absolute Gasteiger partial charge is 0.324 e. The normalized spacial score (nSPS) is 15.1. The minimum atomic E-state index is 0.453. The van der Waals surface area contributed by atoms with Crippen LogP contribution in [-0.2, 0) is 6.54 Å². The summed E-state index contributed by atoms with van der Waals surface area (Å²) >= 11 is 0. The van der Waals surface area contributed by atoms with Gasteiger partial charge in [-0.25, -0.2) is 0 Å². The Morgan fingerprint density at radius 1 is 1.22 bits per heavy atom. The molecule has 3 rings (SSSR count). The molecule has 0 radical (unpaired) electrons. The molecule has 2 aromatic rings. The van der Waals surface area contributed by atoms with Crippen LogP contribution in [0.5, 0.6) is 0 Å². The quantitative estimate of drug-likeness (QED) is 0.898. The monoisotopic (exact) mass is 242 g/mol. The van der Waals surface area contributed by atoms with Crippen molar-refractivity contribution in [2.24, 2.45) is 5.73 Å². The molecule has 0 bridgehead atoms. The zero-order valence-corrected chi connectivity index (χ0v) is 10.8. The molecule has 1 heterocycles. The SMILES string of the molecule is Cc1ccc(-c2nnc(CN)n2C2CC2)cc1C. The third kappa shape index (κ3) is 1.82. The fourth-order valence-corrected chi connectivity index (χ4v) is 2.26. The minimum Gasteiger partial charge on any atom is -0.324 e. The molecular weight excluding hydrogens is 224 g/mol. The fraction of sp³-hybridized carbons (Fsp3) is 0.429. The Bertz CT molecular complexity index is 581. The van der Waals surface area contributed by atoms with Gasteiger partial charge in [0.15, 0.2) is 5.82 Å². The smallest absolute Gasteiger partial charge is 0.164 e. The van der Waals surface area contributed by atoms with E-state index in [2.05, 4.69) is 46.8 Å². The number of nitrogens with zero attached hydrogens (tertiary/aromatic N) is 3. The number of hydrogen-bond donors (Lipinski definition) is 1. The number of hydrogen-bond acceptors (Lipinski definition) is 3. The standard InChI is InChI=1S/C14H18N4/c1-9-3-4-11(7-10(9)2)14-17-16-13(8-15)18(14)12-5-6-12/h3-4,7,12H,5-6,8,15H2,1-2H3. The van der Waals surface area contributed by atoms with Crippen molar-refractivity contribution in [2.75, 3.05) is 0 Å². The Balaban J connectivity index is 2.10. The van der Waals surface area contributed by atoms with Gasteiger partial charge in [-0.15, -0.1) is 10.2 Å². The first-order chi connectivity index (χ1) is 8.70. The van der Waals surface area contributed by atoms with Gasteiger partial charge in [0, 0.05) is 11.6 Å². The molecule has 1 aliphatic carbocycles. The molecule has 0 spiro atoms. The predicted molar refractivity (Wildman–Crippen MR) is 71.1 cm³/mol. The van der Waals surface area contributed by atoms with Crippen molar-refractivity contribution in [3.05, 3.63) is 35.2 Å². The number of rotatable bonds is 3. The van der Waals surface area contributed by atoms with Crippen LogP contribution in [0.1, 0.15) is 35.8 Å². The Morgan fingerprint density at radius 3 is 2.61 bits per heavy atom. The Hall–Kier alpha value is -1.68. The molecule has 0 amide bonds. The summed E-state index contributed by atoms with van der Waals surface area (Å²) in [4.78, 5) is 0. The number of nitrogens with two attached hydrogens (primary N) is 1. The van der Waals surface area contributed by atoms with E-state index < -0.39 is 0 Å². The van der Waals surface area contributed by atoms with Crippen LogP contribution in [0.25, 0.3) is 11.4 Å². The van der Waals surface area contributed by atoms with Gasteiger partial charge in [-0.1, -0.05) is 12.1 Å². The average molecular weight is 242 g/mol. The van der Waals surface area contributed by atoms with Gasteiger partial charge < -0.3 is 10.3 Å². The molecule has 1 fully saturated rings. The lowest BCUT2D eigenvalue weighted by molar-refractivity contribution is 0.688. The van der Waals surface area contributed by atoms with Gasteiger partial charge in [0.2, 0.25) is 0 Å². The zero-order valence-electron chi connectivity index (χ0n) is 10.8. The van der Waals surface area contributed by atoms with Gasteiger partial charge in [-0.2, -0.15) is 0 Å². The van der Waals surface area contributed by atoms with Crippen molar-refractivity contribution < 1.29 is 0 Å². The highest BCUT2D eigenvalue weighted by Crippen LogP contribution is 2.39. The molecule has 0 saturated heterocycles. The van der Waals surface area contributed by atoms with Crippen LogP contribution in [0.2, 0.25) is 0 Å². The molecule has 18 heavy (non-hydrogen) atoms. The van der Waals surface area contributed by atoms with E-state index >= 15 is 0 Å². The van der Waals surface area contributed by atoms with Gasteiger partial charge in [-0.3, -0.25) is 0 Å². The van der Waals surface area contributed by atoms with Crippen LogP contribution in [0, 0.1) is 13.8 Å². The molecule has 4 heteroatoms. The number of benzene rings is 1. The fourth-order valence-electron chi connectivity index (χ4n) is 2.26. The highest BCUT2D eigenvalue weighted by atomic mass is 15.3. The first kappa shape index (κ1) is 11.4. The van der Waals surface area contributed by atoms with Crippen molar-refractivity contribution in [3.63, 3.8) is 0 Å². The van der Waals surface area contributed by atoms with Crippen LogP contribution >= 0.6 is 0 Å². The van der Waals surface area contributed by atoms with E-state index in [1.54, 1.807) is 0 Å². The van der Waals surface area contributed by atoms with Crippen LogP contribution < -0.4 is 5.73 Å². The summed E-state index contributed by atoms with van der Waals surface area (Å²) < 4.78 is 2.21. The summed E-state index contributed by atoms with van der Waals surface area (Å²) in [7, 11) is 0. The molecule has 0 unspecified atom stereocenters. The first-order valence-corrected chi connectivity index (χ1v) is 6.42. The molecule has 1 aromatic carbocycles. The maximum Gasteiger partial charge on any atom is 0.164 e. The summed E-state index contributed by atoms with van der Waals surface area (Å²) in [6, 6.07) is 6.98. The number of aromatic nitrogens is 3. The summed E-state index contributed by atoms with van der Waals surface area (Å²) in [5, 5.41) is 8.53. The van der Waals surface area contributed by atoms with Gasteiger partial charge in [0.1, 0.15) is 5.82 Å². The highest BCUT2D eigenvalue weighted by molar-refractivity contribution is 5.58. The molecule has 1 aromatic heterocycles. The summed E-state index contributed by atoms with van der Waals surface area (Å²) in [6.45, 7) is 4.70. The Morgan fingerprint density at radius 2 is 2.00 bits per heavy atom. The van der Waals surface area contributed by atoms with E-state index in [-0.39, 0.29) is 0 Å². The molecule has 1 saturated carbocycles. The Labute approximate surface area is 107 Å². The van der Waals surface area contributed by atoms with Crippen molar-refractivity contribution in [1.82, 2.24) is 14.8 Å². The summed E-state index contributed by atoms with van der Waals surface area (Å²) in [6.07, 6.45) is 2.42. The van der Waals surface area contributed by atoms with Crippen LogP contribution in [-0.4, -0.2) is 14.8 Å². The minimum absolute atomic E-state index is 0.453. The average Bonchev–Trinajstić information content (AvgIpc) is 3.12. The molecule has 1 aliphatic rings. The van der Waals surface area contributed by atoms with Crippen molar-refractivity contribution in [1.29, 1.82) is 0 Å². The maximum atomic E-state index is 5.74. The van der Waals surface area contributed by atoms with Gasteiger partial charge in [0.25, 0.3) is 0 Å². The zero-order chi connectivity index (χ0) is 12.7. The van der Waals surface area contributed by atoms with E-state index in [0.717, 1.165) is 17.2 Å². The van der Waals surface area contributed by atoms with Crippen LogP contribution in [0.15, 0.2) is 18.2 Å². The molecule has 4 nitrogen and oxygen atoms in total. The highest BCUT2D eigenvalue weighted by Gasteiger charge is 2.29. The van der Waals surface area contributed by atoms with E-state index in [1.807, 2.05) is 0 Å². The summed E-state index contributed by atoms with van der Waals surface area (Å²) in [5.41, 5.74) is 9.46. The van der Waals surface area contributed by atoms with Crippen molar-refractivity contribution in [3.8, 4) is 11.4 Å². The van der Waals surface area contributed by atoms with E-state index in [1.165, 1.54) is 24.0 Å². The van der Waals surface area contributed by atoms with Gasteiger partial charge >= 0.3 is 0 Å². The lowest BCUT2D eigenvalue weighted by Gasteiger charge is -2.09. The Kier molecular flexibility index (Phi) is 2.67. The van der Waals surface area contributed by atoms with Crippen molar-refractivity contribution >= 4 is 0 Å².